The molecule has 1 aliphatic heterocycles. The van der Waals surface area contributed by atoms with Crippen molar-refractivity contribution in [1.29, 1.82) is 0 Å². The van der Waals surface area contributed by atoms with Crippen LogP contribution in [-0.2, 0) is 12.8 Å². The average molecular weight is 289 g/mol. The number of hydrogen-bond donors (Lipinski definition) is 0. The van der Waals surface area contributed by atoms with Crippen molar-refractivity contribution in [2.24, 2.45) is 0 Å². The highest BCUT2D eigenvalue weighted by Crippen LogP contribution is 2.22. The van der Waals surface area contributed by atoms with Crippen LogP contribution in [0.4, 0.5) is 4.39 Å². The molecule has 1 fully saturated rings. The molecular formula is C17H20FNS. The molecule has 1 aliphatic rings. The highest BCUT2D eigenvalue weighted by atomic mass is 32.1. The highest BCUT2D eigenvalue weighted by molar-refractivity contribution is 7.10. The maximum absolute atomic E-state index is 12.9. The summed E-state index contributed by atoms with van der Waals surface area (Å²) in [6.07, 6.45) is 4.77. The third kappa shape index (κ3) is 3.47. The molecule has 1 aromatic heterocycles. The molecule has 0 N–H and O–H groups in total. The number of rotatable bonds is 5. The van der Waals surface area contributed by atoms with Crippen molar-refractivity contribution in [3.8, 4) is 0 Å². The van der Waals surface area contributed by atoms with Gasteiger partial charge in [-0.05, 0) is 67.1 Å². The summed E-state index contributed by atoms with van der Waals surface area (Å²) >= 11 is 1.82. The van der Waals surface area contributed by atoms with E-state index in [0.29, 0.717) is 0 Å². The maximum atomic E-state index is 12.9. The first-order chi connectivity index (χ1) is 9.81. The van der Waals surface area contributed by atoms with Gasteiger partial charge in [0.2, 0.25) is 0 Å². The molecule has 0 bridgehead atoms. The van der Waals surface area contributed by atoms with E-state index in [-0.39, 0.29) is 5.82 Å². The zero-order chi connectivity index (χ0) is 13.8. The monoisotopic (exact) mass is 289 g/mol. The second-order valence-electron chi connectivity index (χ2n) is 5.47. The van der Waals surface area contributed by atoms with Crippen LogP contribution in [0.15, 0.2) is 35.7 Å². The van der Waals surface area contributed by atoms with Gasteiger partial charge < -0.3 is 4.90 Å². The average Bonchev–Trinajstić information content (AvgIpc) is 3.10. The number of halogens is 1. The van der Waals surface area contributed by atoms with Crippen LogP contribution in [0.2, 0.25) is 0 Å². The van der Waals surface area contributed by atoms with Gasteiger partial charge in [0.1, 0.15) is 5.82 Å². The van der Waals surface area contributed by atoms with Crippen molar-refractivity contribution in [2.45, 2.75) is 25.7 Å². The Balaban J connectivity index is 1.62. The van der Waals surface area contributed by atoms with Crippen molar-refractivity contribution < 1.29 is 4.39 Å². The molecule has 2 aromatic rings. The van der Waals surface area contributed by atoms with Crippen LogP contribution in [0.5, 0.6) is 0 Å². The lowest BCUT2D eigenvalue weighted by atomic mass is 10.1. The van der Waals surface area contributed by atoms with E-state index in [0.717, 1.165) is 12.8 Å². The molecule has 1 saturated heterocycles. The quantitative estimate of drug-likeness (QED) is 0.800. The zero-order valence-electron chi connectivity index (χ0n) is 11.6. The molecule has 3 rings (SSSR count). The van der Waals surface area contributed by atoms with Gasteiger partial charge in [-0.3, -0.25) is 0 Å². The molecule has 2 heterocycles. The Morgan fingerprint density at radius 3 is 2.55 bits per heavy atom. The number of benzene rings is 1. The van der Waals surface area contributed by atoms with Gasteiger partial charge in [0.05, 0.1) is 0 Å². The van der Waals surface area contributed by atoms with Crippen molar-refractivity contribution in [1.82, 2.24) is 4.90 Å². The smallest absolute Gasteiger partial charge is 0.123 e. The summed E-state index contributed by atoms with van der Waals surface area (Å²) in [6.45, 7) is 3.70. The Labute approximate surface area is 124 Å². The second kappa shape index (κ2) is 6.51. The van der Waals surface area contributed by atoms with Gasteiger partial charge in [0.15, 0.2) is 0 Å². The molecular weight excluding hydrogens is 269 g/mol. The second-order valence-corrected chi connectivity index (χ2v) is 6.47. The predicted molar refractivity (Wildman–Crippen MR) is 82.9 cm³/mol. The molecule has 0 spiro atoms. The topological polar surface area (TPSA) is 3.24 Å². The molecule has 1 nitrogen and oxygen atoms in total. The molecule has 1 aromatic carbocycles. The fraction of sp³-hybridized carbons (Fsp3) is 0.412. The Kier molecular flexibility index (Phi) is 4.48. The minimum Gasteiger partial charge on any atom is -0.303 e. The molecule has 0 radical (unpaired) electrons. The van der Waals surface area contributed by atoms with Gasteiger partial charge in [-0.15, -0.1) is 11.3 Å². The lowest BCUT2D eigenvalue weighted by Crippen LogP contribution is -2.22. The Morgan fingerprint density at radius 2 is 1.80 bits per heavy atom. The first-order valence-corrected chi connectivity index (χ1v) is 8.21. The van der Waals surface area contributed by atoms with Gasteiger partial charge >= 0.3 is 0 Å². The highest BCUT2D eigenvalue weighted by Gasteiger charge is 2.12. The minimum atomic E-state index is -0.158. The van der Waals surface area contributed by atoms with E-state index in [2.05, 4.69) is 16.3 Å². The summed E-state index contributed by atoms with van der Waals surface area (Å²) in [5.41, 5.74) is 2.66. The normalized spacial score (nSPS) is 15.8. The van der Waals surface area contributed by atoms with Crippen LogP contribution in [0, 0.1) is 5.82 Å². The van der Waals surface area contributed by atoms with Crippen LogP contribution < -0.4 is 0 Å². The standard InChI is InChI=1S/C17H20FNS/c18-16-5-3-14(4-6-16)13-17-15(8-12-20-17)7-11-19-9-1-2-10-19/h3-6,8,12H,1-2,7,9-11,13H2. The number of thiophene rings is 1. The van der Waals surface area contributed by atoms with Crippen LogP contribution in [0.3, 0.4) is 0 Å². The first kappa shape index (κ1) is 13.8. The molecule has 0 saturated carbocycles. The molecule has 0 atom stereocenters. The van der Waals surface area contributed by atoms with Crippen molar-refractivity contribution in [2.75, 3.05) is 19.6 Å². The number of nitrogens with zero attached hydrogens (tertiary/aromatic N) is 1. The van der Waals surface area contributed by atoms with Crippen LogP contribution in [0.25, 0.3) is 0 Å². The number of likely N-dealkylation sites (tertiary alicyclic amines) is 1. The third-order valence-electron chi connectivity index (χ3n) is 4.01. The molecule has 0 amide bonds. The zero-order valence-corrected chi connectivity index (χ0v) is 12.5. The van der Waals surface area contributed by atoms with Crippen molar-refractivity contribution in [3.05, 3.63) is 57.5 Å². The molecule has 20 heavy (non-hydrogen) atoms. The fourth-order valence-corrected chi connectivity index (χ4v) is 3.79. The van der Waals surface area contributed by atoms with Gasteiger partial charge in [-0.25, -0.2) is 4.39 Å². The SMILES string of the molecule is Fc1ccc(Cc2sccc2CCN2CCCC2)cc1. The molecule has 0 aliphatic carbocycles. The fourth-order valence-electron chi connectivity index (χ4n) is 2.82. The lowest BCUT2D eigenvalue weighted by Gasteiger charge is -2.14. The van der Waals surface area contributed by atoms with Crippen molar-refractivity contribution in [3.63, 3.8) is 0 Å². The Morgan fingerprint density at radius 1 is 1.05 bits per heavy atom. The van der Waals surface area contributed by atoms with Gasteiger partial charge in [-0.2, -0.15) is 0 Å². The summed E-state index contributed by atoms with van der Waals surface area (Å²) in [6, 6.07) is 9.12. The van der Waals surface area contributed by atoms with E-state index >= 15 is 0 Å². The maximum Gasteiger partial charge on any atom is 0.123 e. The number of hydrogen-bond acceptors (Lipinski definition) is 2. The first-order valence-electron chi connectivity index (χ1n) is 7.33. The summed E-state index contributed by atoms with van der Waals surface area (Å²) < 4.78 is 12.9. The summed E-state index contributed by atoms with van der Waals surface area (Å²) in [7, 11) is 0. The van der Waals surface area contributed by atoms with E-state index in [9.17, 15) is 4.39 Å². The third-order valence-corrected chi connectivity index (χ3v) is 4.97. The predicted octanol–water partition coefficient (Wildman–Crippen LogP) is 4.12. The Hall–Kier alpha value is -1.19. The van der Waals surface area contributed by atoms with Crippen LogP contribution in [-0.4, -0.2) is 24.5 Å². The van der Waals surface area contributed by atoms with Gasteiger partial charge in [0, 0.05) is 17.8 Å². The molecule has 3 heteroatoms. The van der Waals surface area contributed by atoms with E-state index < -0.39 is 0 Å². The summed E-state index contributed by atoms with van der Waals surface area (Å²) in [5, 5.41) is 2.18. The molecule has 106 valence electrons. The van der Waals surface area contributed by atoms with Gasteiger partial charge in [0.25, 0.3) is 0 Å². The van der Waals surface area contributed by atoms with E-state index in [1.54, 1.807) is 12.1 Å². The van der Waals surface area contributed by atoms with E-state index in [1.807, 2.05) is 23.5 Å². The van der Waals surface area contributed by atoms with Crippen LogP contribution >= 0.6 is 11.3 Å². The Bertz CT molecular complexity index is 540. The lowest BCUT2D eigenvalue weighted by molar-refractivity contribution is 0.343. The largest absolute Gasteiger partial charge is 0.303 e. The van der Waals surface area contributed by atoms with Crippen molar-refractivity contribution >= 4 is 11.3 Å². The van der Waals surface area contributed by atoms with E-state index in [4.69, 9.17) is 0 Å². The molecule has 0 unspecified atom stereocenters. The summed E-state index contributed by atoms with van der Waals surface area (Å²) in [4.78, 5) is 3.98. The summed E-state index contributed by atoms with van der Waals surface area (Å²) in [5.74, 6) is -0.158. The van der Waals surface area contributed by atoms with Gasteiger partial charge in [-0.1, -0.05) is 12.1 Å². The minimum absolute atomic E-state index is 0.158. The van der Waals surface area contributed by atoms with E-state index in [1.165, 1.54) is 48.5 Å². The van der Waals surface area contributed by atoms with Crippen LogP contribution in [0.1, 0.15) is 28.8 Å².